The molecule has 1 aromatic carbocycles. The standard InChI is InChI=1S/C14H13F2N/c1-9(2)11-5-12(7-13(15)6-11)10-3-4-17-14(16)8-10/h3-9H,1-2H3. The summed E-state index contributed by atoms with van der Waals surface area (Å²) in [5.41, 5.74) is 2.21. The second kappa shape index (κ2) is 4.62. The van der Waals surface area contributed by atoms with Crippen molar-refractivity contribution in [3.63, 3.8) is 0 Å². The van der Waals surface area contributed by atoms with Crippen molar-refractivity contribution >= 4 is 0 Å². The molecule has 17 heavy (non-hydrogen) atoms. The molecular weight excluding hydrogens is 220 g/mol. The Hall–Kier alpha value is -1.77. The summed E-state index contributed by atoms with van der Waals surface area (Å²) in [7, 11) is 0. The van der Waals surface area contributed by atoms with Crippen molar-refractivity contribution in [2.24, 2.45) is 0 Å². The molecule has 2 rings (SSSR count). The zero-order valence-electron chi connectivity index (χ0n) is 9.74. The van der Waals surface area contributed by atoms with Crippen LogP contribution < -0.4 is 0 Å². The van der Waals surface area contributed by atoms with E-state index in [4.69, 9.17) is 0 Å². The normalized spacial score (nSPS) is 10.9. The van der Waals surface area contributed by atoms with Crippen LogP contribution in [0.1, 0.15) is 25.3 Å². The number of pyridine rings is 1. The summed E-state index contributed by atoms with van der Waals surface area (Å²) >= 11 is 0. The Labute approximate surface area is 99.1 Å². The Balaban J connectivity index is 2.52. The summed E-state index contributed by atoms with van der Waals surface area (Å²) in [6.45, 7) is 3.98. The van der Waals surface area contributed by atoms with Gasteiger partial charge in [0.2, 0.25) is 5.95 Å². The Morgan fingerprint density at radius 2 is 1.76 bits per heavy atom. The van der Waals surface area contributed by atoms with E-state index in [2.05, 4.69) is 4.98 Å². The first-order chi connectivity index (χ1) is 8.06. The van der Waals surface area contributed by atoms with Crippen molar-refractivity contribution in [2.45, 2.75) is 19.8 Å². The lowest BCUT2D eigenvalue weighted by Crippen LogP contribution is -1.91. The lowest BCUT2D eigenvalue weighted by atomic mass is 9.97. The van der Waals surface area contributed by atoms with Crippen molar-refractivity contribution in [3.05, 3.63) is 53.9 Å². The van der Waals surface area contributed by atoms with Gasteiger partial charge in [-0.1, -0.05) is 19.9 Å². The monoisotopic (exact) mass is 233 g/mol. The lowest BCUT2D eigenvalue weighted by Gasteiger charge is -2.09. The maximum absolute atomic E-state index is 13.5. The van der Waals surface area contributed by atoms with Crippen molar-refractivity contribution in [1.29, 1.82) is 0 Å². The van der Waals surface area contributed by atoms with Crippen LogP contribution in [0.4, 0.5) is 8.78 Å². The smallest absolute Gasteiger partial charge is 0.213 e. The van der Waals surface area contributed by atoms with Crippen molar-refractivity contribution in [2.75, 3.05) is 0 Å². The second-order valence-corrected chi connectivity index (χ2v) is 4.30. The predicted octanol–water partition coefficient (Wildman–Crippen LogP) is 4.15. The van der Waals surface area contributed by atoms with Gasteiger partial charge in [-0.2, -0.15) is 4.39 Å². The molecule has 0 bridgehead atoms. The van der Waals surface area contributed by atoms with E-state index in [9.17, 15) is 8.78 Å². The Bertz CT molecular complexity index is 535. The highest BCUT2D eigenvalue weighted by atomic mass is 19.1. The number of hydrogen-bond acceptors (Lipinski definition) is 1. The largest absolute Gasteiger partial charge is 0.228 e. The van der Waals surface area contributed by atoms with Gasteiger partial charge in [-0.25, -0.2) is 9.37 Å². The molecule has 0 aliphatic heterocycles. The molecule has 1 heterocycles. The molecule has 0 atom stereocenters. The molecule has 0 aliphatic rings. The Kier molecular flexibility index (Phi) is 3.18. The molecule has 0 spiro atoms. The fourth-order valence-electron chi connectivity index (χ4n) is 1.69. The van der Waals surface area contributed by atoms with Crippen LogP contribution in [-0.2, 0) is 0 Å². The van der Waals surface area contributed by atoms with Crippen molar-refractivity contribution < 1.29 is 8.78 Å². The molecule has 0 unspecified atom stereocenters. The first-order valence-electron chi connectivity index (χ1n) is 5.48. The molecule has 0 aliphatic carbocycles. The van der Waals surface area contributed by atoms with E-state index in [-0.39, 0.29) is 11.7 Å². The molecule has 3 heteroatoms. The molecule has 0 saturated carbocycles. The van der Waals surface area contributed by atoms with Gasteiger partial charge < -0.3 is 0 Å². The van der Waals surface area contributed by atoms with Gasteiger partial charge >= 0.3 is 0 Å². The van der Waals surface area contributed by atoms with E-state index in [1.54, 1.807) is 6.07 Å². The Morgan fingerprint density at radius 1 is 1.00 bits per heavy atom. The first kappa shape index (κ1) is 11.7. The number of halogens is 2. The highest BCUT2D eigenvalue weighted by Crippen LogP contribution is 2.25. The zero-order chi connectivity index (χ0) is 12.4. The number of aromatic nitrogens is 1. The molecule has 1 nitrogen and oxygen atoms in total. The predicted molar refractivity (Wildman–Crippen MR) is 63.7 cm³/mol. The number of hydrogen-bond donors (Lipinski definition) is 0. The average Bonchev–Trinajstić information content (AvgIpc) is 2.28. The number of nitrogens with zero attached hydrogens (tertiary/aromatic N) is 1. The average molecular weight is 233 g/mol. The van der Waals surface area contributed by atoms with Gasteiger partial charge in [0.1, 0.15) is 5.82 Å². The van der Waals surface area contributed by atoms with Gasteiger partial charge in [0.15, 0.2) is 0 Å². The summed E-state index contributed by atoms with van der Waals surface area (Å²) in [6, 6.07) is 7.76. The molecule has 1 aromatic heterocycles. The fourth-order valence-corrected chi connectivity index (χ4v) is 1.69. The topological polar surface area (TPSA) is 12.9 Å². The van der Waals surface area contributed by atoms with Crippen LogP contribution in [-0.4, -0.2) is 4.98 Å². The summed E-state index contributed by atoms with van der Waals surface area (Å²) in [5.74, 6) is -0.627. The molecule has 0 amide bonds. The Morgan fingerprint density at radius 3 is 2.41 bits per heavy atom. The van der Waals surface area contributed by atoms with Crippen LogP contribution >= 0.6 is 0 Å². The van der Waals surface area contributed by atoms with Crippen LogP contribution in [0.2, 0.25) is 0 Å². The molecule has 0 fully saturated rings. The quantitative estimate of drug-likeness (QED) is 0.710. The summed E-state index contributed by atoms with van der Waals surface area (Å²) in [5, 5.41) is 0. The lowest BCUT2D eigenvalue weighted by molar-refractivity contribution is 0.584. The fraction of sp³-hybridized carbons (Fsp3) is 0.214. The van der Waals surface area contributed by atoms with E-state index in [1.807, 2.05) is 19.9 Å². The third-order valence-electron chi connectivity index (χ3n) is 2.65. The van der Waals surface area contributed by atoms with Crippen LogP contribution in [0.15, 0.2) is 36.5 Å². The van der Waals surface area contributed by atoms with Gasteiger partial charge in [0, 0.05) is 12.3 Å². The van der Waals surface area contributed by atoms with Gasteiger partial charge in [0.25, 0.3) is 0 Å². The van der Waals surface area contributed by atoms with Crippen LogP contribution in [0.25, 0.3) is 11.1 Å². The van der Waals surface area contributed by atoms with E-state index in [0.29, 0.717) is 11.1 Å². The molecule has 0 N–H and O–H groups in total. The van der Waals surface area contributed by atoms with Crippen molar-refractivity contribution in [3.8, 4) is 11.1 Å². The van der Waals surface area contributed by atoms with E-state index < -0.39 is 5.95 Å². The van der Waals surface area contributed by atoms with E-state index in [0.717, 1.165) is 5.56 Å². The maximum Gasteiger partial charge on any atom is 0.213 e. The van der Waals surface area contributed by atoms with Gasteiger partial charge in [-0.05, 0) is 40.8 Å². The summed E-state index contributed by atoms with van der Waals surface area (Å²) in [4.78, 5) is 3.48. The van der Waals surface area contributed by atoms with Crippen LogP contribution in [0.3, 0.4) is 0 Å². The highest BCUT2D eigenvalue weighted by Gasteiger charge is 2.06. The van der Waals surface area contributed by atoms with Crippen LogP contribution in [0, 0.1) is 11.8 Å². The molecular formula is C14H13F2N. The second-order valence-electron chi connectivity index (χ2n) is 4.30. The van der Waals surface area contributed by atoms with Gasteiger partial charge in [0.05, 0.1) is 0 Å². The third kappa shape index (κ3) is 2.67. The van der Waals surface area contributed by atoms with Gasteiger partial charge in [-0.3, -0.25) is 0 Å². The molecule has 0 radical (unpaired) electrons. The summed E-state index contributed by atoms with van der Waals surface area (Å²) < 4.78 is 26.5. The minimum absolute atomic E-state index is 0.233. The van der Waals surface area contributed by atoms with E-state index in [1.165, 1.54) is 24.4 Å². The number of rotatable bonds is 2. The van der Waals surface area contributed by atoms with E-state index >= 15 is 0 Å². The summed E-state index contributed by atoms with van der Waals surface area (Å²) in [6.07, 6.45) is 1.38. The maximum atomic E-state index is 13.5. The van der Waals surface area contributed by atoms with Gasteiger partial charge in [-0.15, -0.1) is 0 Å². The minimum atomic E-state index is -0.558. The number of benzene rings is 1. The molecule has 88 valence electrons. The van der Waals surface area contributed by atoms with Crippen molar-refractivity contribution in [1.82, 2.24) is 4.98 Å². The zero-order valence-corrected chi connectivity index (χ0v) is 9.74. The molecule has 0 saturated heterocycles. The molecule has 2 aromatic rings. The SMILES string of the molecule is CC(C)c1cc(F)cc(-c2ccnc(F)c2)c1. The first-order valence-corrected chi connectivity index (χ1v) is 5.48. The van der Waals surface area contributed by atoms with Crippen LogP contribution in [0.5, 0.6) is 0 Å². The minimum Gasteiger partial charge on any atom is -0.228 e. The highest BCUT2D eigenvalue weighted by molar-refractivity contribution is 5.64. The third-order valence-corrected chi connectivity index (χ3v) is 2.65.